The molecule has 0 N–H and O–H groups in total. The van der Waals surface area contributed by atoms with E-state index in [1.54, 1.807) is 0 Å². The summed E-state index contributed by atoms with van der Waals surface area (Å²) in [6, 6.07) is 64.6. The van der Waals surface area contributed by atoms with E-state index < -0.39 is 0 Å². The molecular weight excluding hydrogens is 601 g/mol. The molecule has 0 heterocycles. The SMILES string of the molecule is C=CC(c1ccccc1)c1cccc(-c2cccc3c2-c2ccccc2C32c3cccc4ccc5cccc2c5c34)c1.CCc1ccccc1. The molecular formula is C50H38. The van der Waals surface area contributed by atoms with Gasteiger partial charge in [0.05, 0.1) is 5.41 Å². The van der Waals surface area contributed by atoms with Crippen LogP contribution in [0.1, 0.15) is 51.8 Å². The van der Waals surface area contributed by atoms with Gasteiger partial charge in [0.2, 0.25) is 0 Å². The van der Waals surface area contributed by atoms with Gasteiger partial charge in [0.1, 0.15) is 0 Å². The molecule has 0 saturated carbocycles. The van der Waals surface area contributed by atoms with E-state index in [4.69, 9.17) is 0 Å². The maximum absolute atomic E-state index is 4.21. The first-order valence-corrected chi connectivity index (χ1v) is 17.7. The van der Waals surface area contributed by atoms with Crippen LogP contribution < -0.4 is 0 Å². The molecule has 8 aromatic rings. The Kier molecular flexibility index (Phi) is 7.32. The van der Waals surface area contributed by atoms with Gasteiger partial charge in [0.15, 0.2) is 0 Å². The van der Waals surface area contributed by atoms with Gasteiger partial charge >= 0.3 is 0 Å². The van der Waals surface area contributed by atoms with Crippen molar-refractivity contribution in [3.63, 3.8) is 0 Å². The summed E-state index contributed by atoms with van der Waals surface area (Å²) in [4.78, 5) is 0. The molecule has 8 aromatic carbocycles. The number of benzene rings is 8. The summed E-state index contributed by atoms with van der Waals surface area (Å²) in [5.41, 5.74) is 14.4. The average Bonchev–Trinajstić information content (AvgIpc) is 3.67. The van der Waals surface area contributed by atoms with E-state index >= 15 is 0 Å². The summed E-state index contributed by atoms with van der Waals surface area (Å²) in [5.74, 6) is 0.140. The zero-order valence-electron chi connectivity index (χ0n) is 28.3. The molecule has 2 aliphatic rings. The van der Waals surface area contributed by atoms with Crippen LogP contribution in [0.15, 0.2) is 189 Å². The number of fused-ring (bicyclic) bond motifs is 7. The standard InChI is InChI=1S/C42H28.C8H10/c1-2-32(27-12-4-3-5-13-27)30-16-8-17-31(26-30)33-19-11-23-38-41(33)34-18-6-7-20-35(34)42(38)36-21-9-14-28-24-25-29-15-10-22-37(42)40(29)39(28)36;1-2-8-6-4-3-5-7-8/h2-26,32H,1H2;3-7H,2H2,1H3. The van der Waals surface area contributed by atoms with E-state index in [0.717, 1.165) is 6.42 Å². The molecule has 0 aromatic heterocycles. The summed E-state index contributed by atoms with van der Waals surface area (Å²) in [7, 11) is 0. The molecule has 1 unspecified atom stereocenters. The van der Waals surface area contributed by atoms with Crippen LogP contribution in [0.5, 0.6) is 0 Å². The van der Waals surface area contributed by atoms with E-state index in [1.807, 2.05) is 6.07 Å². The summed E-state index contributed by atoms with van der Waals surface area (Å²) < 4.78 is 0. The summed E-state index contributed by atoms with van der Waals surface area (Å²) in [6.45, 7) is 6.37. The van der Waals surface area contributed by atoms with Crippen LogP contribution in [0, 0.1) is 0 Å². The minimum Gasteiger partial charge on any atom is -0.102 e. The van der Waals surface area contributed by atoms with Crippen LogP contribution in [-0.2, 0) is 11.8 Å². The Balaban J connectivity index is 0.000000374. The first kappa shape index (κ1) is 30.1. The Morgan fingerprint density at radius 1 is 0.500 bits per heavy atom. The Hall–Kier alpha value is -5.98. The lowest BCUT2D eigenvalue weighted by molar-refractivity contribution is 0.797. The van der Waals surface area contributed by atoms with Gasteiger partial charge in [-0.25, -0.2) is 0 Å². The Labute approximate surface area is 295 Å². The fourth-order valence-electron chi connectivity index (χ4n) is 8.81. The molecule has 0 nitrogen and oxygen atoms in total. The van der Waals surface area contributed by atoms with Gasteiger partial charge in [-0.2, -0.15) is 0 Å². The third-order valence-corrected chi connectivity index (χ3v) is 11.0. The first-order chi connectivity index (χ1) is 24.7. The van der Waals surface area contributed by atoms with Crippen molar-refractivity contribution in [2.75, 3.05) is 0 Å². The molecule has 1 spiro atoms. The van der Waals surface area contributed by atoms with Gasteiger partial charge in [-0.3, -0.25) is 0 Å². The van der Waals surface area contributed by atoms with Crippen LogP contribution in [-0.4, -0.2) is 0 Å². The van der Waals surface area contributed by atoms with Crippen LogP contribution in [0.3, 0.4) is 0 Å². The van der Waals surface area contributed by atoms with Crippen molar-refractivity contribution in [3.8, 4) is 22.3 Å². The molecule has 0 amide bonds. The maximum Gasteiger partial charge on any atom is 0.0726 e. The van der Waals surface area contributed by atoms with Gasteiger partial charge in [-0.15, -0.1) is 6.58 Å². The first-order valence-electron chi connectivity index (χ1n) is 17.7. The van der Waals surface area contributed by atoms with E-state index in [0.29, 0.717) is 0 Å². The lowest BCUT2D eigenvalue weighted by atomic mass is 9.70. The van der Waals surface area contributed by atoms with Crippen molar-refractivity contribution in [1.82, 2.24) is 0 Å². The topological polar surface area (TPSA) is 0 Å². The molecule has 0 saturated heterocycles. The second-order valence-electron chi connectivity index (χ2n) is 13.5. The minimum absolute atomic E-state index is 0.140. The highest BCUT2D eigenvalue weighted by atomic mass is 14.5. The summed E-state index contributed by atoms with van der Waals surface area (Å²) in [6.07, 6.45) is 3.20. The Morgan fingerprint density at radius 2 is 1.04 bits per heavy atom. The minimum atomic E-state index is -0.337. The lowest BCUT2D eigenvalue weighted by Gasteiger charge is -2.31. The van der Waals surface area contributed by atoms with Gasteiger partial charge in [0, 0.05) is 5.92 Å². The van der Waals surface area contributed by atoms with E-state index in [2.05, 4.69) is 189 Å². The number of rotatable bonds is 5. The normalized spacial score (nSPS) is 13.5. The van der Waals surface area contributed by atoms with Gasteiger partial charge in [-0.05, 0) is 89.2 Å². The molecule has 0 heteroatoms. The van der Waals surface area contributed by atoms with E-state index in [1.165, 1.54) is 82.7 Å². The molecule has 0 fully saturated rings. The highest BCUT2D eigenvalue weighted by Crippen LogP contribution is 2.63. The monoisotopic (exact) mass is 638 g/mol. The maximum atomic E-state index is 4.21. The second-order valence-corrected chi connectivity index (χ2v) is 13.5. The van der Waals surface area contributed by atoms with E-state index in [-0.39, 0.29) is 11.3 Å². The van der Waals surface area contributed by atoms with Crippen molar-refractivity contribution in [1.29, 1.82) is 0 Å². The third-order valence-electron chi connectivity index (χ3n) is 11.0. The van der Waals surface area contributed by atoms with Crippen LogP contribution >= 0.6 is 0 Å². The smallest absolute Gasteiger partial charge is 0.0726 e. The zero-order chi connectivity index (χ0) is 33.7. The van der Waals surface area contributed by atoms with Gasteiger partial charge < -0.3 is 0 Å². The fourth-order valence-corrected chi connectivity index (χ4v) is 8.81. The largest absolute Gasteiger partial charge is 0.102 e. The van der Waals surface area contributed by atoms with Crippen LogP contribution in [0.4, 0.5) is 0 Å². The van der Waals surface area contributed by atoms with Gasteiger partial charge in [-0.1, -0.05) is 189 Å². The lowest BCUT2D eigenvalue weighted by Crippen LogP contribution is -2.26. The summed E-state index contributed by atoms with van der Waals surface area (Å²) in [5, 5.41) is 5.43. The zero-order valence-corrected chi connectivity index (χ0v) is 28.3. The second kappa shape index (κ2) is 12.2. The fraction of sp³-hybridized carbons (Fsp3) is 0.0800. The molecule has 2 aliphatic carbocycles. The van der Waals surface area contributed by atoms with E-state index in [9.17, 15) is 0 Å². The van der Waals surface area contributed by atoms with Crippen LogP contribution in [0.25, 0.3) is 43.8 Å². The molecule has 238 valence electrons. The van der Waals surface area contributed by atoms with Crippen molar-refractivity contribution < 1.29 is 0 Å². The van der Waals surface area contributed by atoms with Gasteiger partial charge in [0.25, 0.3) is 0 Å². The predicted octanol–water partition coefficient (Wildman–Crippen LogP) is 12.9. The van der Waals surface area contributed by atoms with Crippen molar-refractivity contribution in [2.45, 2.75) is 24.7 Å². The summed E-state index contributed by atoms with van der Waals surface area (Å²) >= 11 is 0. The van der Waals surface area contributed by atoms with Crippen molar-refractivity contribution in [3.05, 3.63) is 228 Å². The molecule has 1 atom stereocenters. The Morgan fingerprint density at radius 3 is 1.70 bits per heavy atom. The number of hydrogen-bond acceptors (Lipinski definition) is 0. The Bertz CT molecular complexity index is 2470. The number of aryl methyl sites for hydroxylation is 1. The molecule has 0 aliphatic heterocycles. The van der Waals surface area contributed by atoms with Crippen molar-refractivity contribution >= 4 is 21.5 Å². The number of allylic oxidation sites excluding steroid dienone is 1. The molecule has 0 radical (unpaired) electrons. The third kappa shape index (κ3) is 4.45. The predicted molar refractivity (Wildman–Crippen MR) is 212 cm³/mol. The molecule has 10 rings (SSSR count). The highest BCUT2D eigenvalue weighted by Gasteiger charge is 2.51. The molecule has 50 heavy (non-hydrogen) atoms. The average molecular weight is 639 g/mol. The van der Waals surface area contributed by atoms with Crippen molar-refractivity contribution in [2.24, 2.45) is 0 Å². The number of hydrogen-bond donors (Lipinski definition) is 0. The van der Waals surface area contributed by atoms with Crippen LogP contribution in [0.2, 0.25) is 0 Å². The molecule has 0 bridgehead atoms. The highest BCUT2D eigenvalue weighted by molar-refractivity contribution is 6.17. The quantitative estimate of drug-likeness (QED) is 0.130.